The van der Waals surface area contributed by atoms with Gasteiger partial charge in [-0.15, -0.1) is 0 Å². The van der Waals surface area contributed by atoms with Gasteiger partial charge in [-0.1, -0.05) is 12.1 Å². The molecule has 34 heavy (non-hydrogen) atoms. The first kappa shape index (κ1) is 24.2. The summed E-state index contributed by atoms with van der Waals surface area (Å²) in [4.78, 5) is 21.8. The molecule has 0 fully saturated rings. The number of aryl methyl sites for hydroxylation is 1. The molecular weight excluding hydrogens is 452 g/mol. The molecule has 1 aliphatic rings. The van der Waals surface area contributed by atoms with E-state index in [0.29, 0.717) is 36.0 Å². The molecule has 0 unspecified atom stereocenters. The molecule has 0 spiro atoms. The van der Waals surface area contributed by atoms with Crippen LogP contribution in [0.2, 0.25) is 0 Å². The van der Waals surface area contributed by atoms with E-state index < -0.39 is 6.29 Å². The minimum Gasteiger partial charge on any atom is -0.465 e. The summed E-state index contributed by atoms with van der Waals surface area (Å²) < 4.78 is 17.4. The van der Waals surface area contributed by atoms with Gasteiger partial charge < -0.3 is 24.1 Å². The average molecular weight is 485 g/mol. The van der Waals surface area contributed by atoms with Crippen LogP contribution in [-0.4, -0.2) is 54.1 Å². The minimum absolute atomic E-state index is 0.193. The van der Waals surface area contributed by atoms with Crippen molar-refractivity contribution in [3.63, 3.8) is 0 Å². The smallest absolute Gasteiger partial charge is 0.255 e. The van der Waals surface area contributed by atoms with Gasteiger partial charge in [0.1, 0.15) is 11.5 Å². The SMILES string of the molecule is CN(C)CCCCc1ccc(CSCCNc2ncc(CC3Oc4ccccc4O3)c(=O)[nH]2)o1. The fraction of sp³-hybridized carbons (Fsp3) is 0.440. The van der Waals surface area contributed by atoms with Crippen molar-refractivity contribution in [1.82, 2.24) is 14.9 Å². The first-order chi connectivity index (χ1) is 16.6. The number of aromatic nitrogens is 2. The first-order valence-electron chi connectivity index (χ1n) is 11.6. The summed E-state index contributed by atoms with van der Waals surface area (Å²) in [6.07, 6.45) is 4.69. The van der Waals surface area contributed by atoms with Crippen LogP contribution in [0, 0.1) is 0 Å². The highest BCUT2D eigenvalue weighted by molar-refractivity contribution is 7.98. The van der Waals surface area contributed by atoms with E-state index in [1.807, 2.05) is 24.3 Å². The molecule has 0 saturated carbocycles. The maximum atomic E-state index is 12.4. The number of anilines is 1. The van der Waals surface area contributed by atoms with Crippen molar-refractivity contribution in [3.05, 3.63) is 70.0 Å². The Balaban J connectivity index is 1.13. The lowest BCUT2D eigenvalue weighted by Gasteiger charge is -2.10. The molecule has 0 saturated heterocycles. The number of para-hydroxylation sites is 2. The molecule has 9 heteroatoms. The normalized spacial score (nSPS) is 13.0. The zero-order valence-corrected chi connectivity index (χ0v) is 20.5. The third-order valence-electron chi connectivity index (χ3n) is 5.40. The van der Waals surface area contributed by atoms with Crippen molar-refractivity contribution in [2.24, 2.45) is 0 Å². The first-order valence-corrected chi connectivity index (χ1v) is 12.8. The molecule has 2 aromatic heterocycles. The van der Waals surface area contributed by atoms with E-state index in [9.17, 15) is 4.79 Å². The van der Waals surface area contributed by atoms with E-state index in [0.717, 1.165) is 42.4 Å². The highest BCUT2D eigenvalue weighted by Crippen LogP contribution is 2.34. The van der Waals surface area contributed by atoms with Crippen LogP contribution >= 0.6 is 11.8 Å². The second kappa shape index (κ2) is 12.0. The largest absolute Gasteiger partial charge is 0.465 e. The number of nitrogens with zero attached hydrogens (tertiary/aromatic N) is 2. The van der Waals surface area contributed by atoms with Gasteiger partial charge in [-0.05, 0) is 57.7 Å². The molecule has 0 aliphatic carbocycles. The second-order valence-corrected chi connectivity index (χ2v) is 9.62. The molecule has 0 bridgehead atoms. The van der Waals surface area contributed by atoms with Gasteiger partial charge in [0.25, 0.3) is 5.56 Å². The van der Waals surface area contributed by atoms with Gasteiger partial charge in [0, 0.05) is 30.5 Å². The number of aromatic amines is 1. The Hall–Kier alpha value is -2.91. The van der Waals surface area contributed by atoms with Gasteiger partial charge >= 0.3 is 0 Å². The molecule has 1 aromatic carbocycles. The number of H-pyrrole nitrogens is 1. The number of unbranched alkanes of at least 4 members (excludes halogenated alkanes) is 1. The predicted molar refractivity (Wildman–Crippen MR) is 135 cm³/mol. The predicted octanol–water partition coefficient (Wildman–Crippen LogP) is 3.93. The molecule has 0 amide bonds. The van der Waals surface area contributed by atoms with Gasteiger partial charge in [-0.2, -0.15) is 11.8 Å². The van der Waals surface area contributed by atoms with Crippen LogP contribution in [0.4, 0.5) is 5.95 Å². The summed E-state index contributed by atoms with van der Waals surface area (Å²) in [5.41, 5.74) is 0.329. The number of hydrogen-bond acceptors (Lipinski definition) is 8. The molecule has 0 atom stereocenters. The summed E-state index contributed by atoms with van der Waals surface area (Å²) in [6, 6.07) is 11.6. The number of nitrogens with one attached hydrogen (secondary N) is 2. The molecular formula is C25H32N4O4S. The van der Waals surface area contributed by atoms with Gasteiger partial charge in [-0.25, -0.2) is 4.98 Å². The Kier molecular flexibility index (Phi) is 8.54. The minimum atomic E-state index is -0.518. The number of benzene rings is 1. The van der Waals surface area contributed by atoms with Gasteiger partial charge in [0.2, 0.25) is 12.2 Å². The van der Waals surface area contributed by atoms with Crippen molar-refractivity contribution in [2.45, 2.75) is 37.7 Å². The van der Waals surface area contributed by atoms with Crippen LogP contribution < -0.4 is 20.3 Å². The second-order valence-electron chi connectivity index (χ2n) is 8.51. The Morgan fingerprint density at radius 2 is 1.85 bits per heavy atom. The number of thioether (sulfide) groups is 1. The van der Waals surface area contributed by atoms with Gasteiger partial charge in [0.05, 0.1) is 12.2 Å². The third kappa shape index (κ3) is 7.04. The van der Waals surface area contributed by atoms with Crippen molar-refractivity contribution < 1.29 is 13.9 Å². The lowest BCUT2D eigenvalue weighted by molar-refractivity contribution is 0.0499. The molecule has 182 valence electrons. The van der Waals surface area contributed by atoms with Crippen molar-refractivity contribution in [1.29, 1.82) is 0 Å². The molecule has 0 radical (unpaired) electrons. The summed E-state index contributed by atoms with van der Waals surface area (Å²) in [6.45, 7) is 1.80. The average Bonchev–Trinajstić information content (AvgIpc) is 3.44. The summed E-state index contributed by atoms with van der Waals surface area (Å²) in [5, 5.41) is 3.17. The zero-order chi connectivity index (χ0) is 23.8. The number of hydrogen-bond donors (Lipinski definition) is 2. The fourth-order valence-electron chi connectivity index (χ4n) is 3.65. The maximum Gasteiger partial charge on any atom is 0.255 e. The molecule has 1 aliphatic heterocycles. The third-order valence-corrected chi connectivity index (χ3v) is 6.39. The van der Waals surface area contributed by atoms with Crippen LogP contribution in [0.15, 0.2) is 51.8 Å². The summed E-state index contributed by atoms with van der Waals surface area (Å²) in [5.74, 6) is 5.60. The van der Waals surface area contributed by atoms with E-state index in [-0.39, 0.29) is 5.56 Å². The fourth-order valence-corrected chi connectivity index (χ4v) is 4.39. The van der Waals surface area contributed by atoms with Crippen LogP contribution in [0.1, 0.15) is 29.9 Å². The Labute approximate surface area is 204 Å². The maximum absolute atomic E-state index is 12.4. The van der Waals surface area contributed by atoms with Crippen molar-refractivity contribution in [2.75, 3.05) is 38.3 Å². The Bertz CT molecular complexity index is 1090. The lowest BCUT2D eigenvalue weighted by Crippen LogP contribution is -2.26. The van der Waals surface area contributed by atoms with E-state index in [1.165, 1.54) is 6.42 Å². The standard InChI is InChI=1S/C25H32N4O4S/c1-29(2)13-6-5-7-19-10-11-20(31-19)17-34-14-12-26-25-27-16-18(24(30)28-25)15-23-32-21-8-3-4-9-22(21)33-23/h3-4,8-11,16,23H,5-7,12-15,17H2,1-2H3,(H2,26,27,28,30). The van der Waals surface area contributed by atoms with E-state index in [2.05, 4.69) is 46.4 Å². The van der Waals surface area contributed by atoms with Crippen LogP contribution in [-0.2, 0) is 18.6 Å². The van der Waals surface area contributed by atoms with Crippen molar-refractivity contribution >= 4 is 17.7 Å². The number of ether oxygens (including phenoxy) is 2. The monoisotopic (exact) mass is 484 g/mol. The van der Waals surface area contributed by atoms with E-state index in [1.54, 1.807) is 18.0 Å². The van der Waals surface area contributed by atoms with Gasteiger partial charge in [0.15, 0.2) is 11.5 Å². The van der Waals surface area contributed by atoms with E-state index in [4.69, 9.17) is 13.9 Å². The lowest BCUT2D eigenvalue weighted by atomic mass is 10.2. The Morgan fingerprint density at radius 3 is 2.59 bits per heavy atom. The molecule has 3 aromatic rings. The summed E-state index contributed by atoms with van der Waals surface area (Å²) >= 11 is 1.78. The topological polar surface area (TPSA) is 92.6 Å². The zero-order valence-electron chi connectivity index (χ0n) is 19.7. The highest BCUT2D eigenvalue weighted by atomic mass is 32.2. The van der Waals surface area contributed by atoms with Crippen molar-refractivity contribution in [3.8, 4) is 11.5 Å². The number of rotatable bonds is 13. The van der Waals surface area contributed by atoms with Crippen LogP contribution in [0.25, 0.3) is 0 Å². The molecule has 2 N–H and O–H groups in total. The van der Waals surface area contributed by atoms with Crippen LogP contribution in [0.3, 0.4) is 0 Å². The quantitative estimate of drug-likeness (QED) is 0.353. The van der Waals surface area contributed by atoms with E-state index >= 15 is 0 Å². The number of fused-ring (bicyclic) bond motifs is 1. The summed E-state index contributed by atoms with van der Waals surface area (Å²) in [7, 11) is 4.20. The molecule has 4 rings (SSSR count). The molecule has 3 heterocycles. The van der Waals surface area contributed by atoms with Gasteiger partial charge in [-0.3, -0.25) is 9.78 Å². The highest BCUT2D eigenvalue weighted by Gasteiger charge is 2.24. The Morgan fingerprint density at radius 1 is 1.09 bits per heavy atom. The number of furan rings is 1. The molecule has 8 nitrogen and oxygen atoms in total. The van der Waals surface area contributed by atoms with Crippen LogP contribution in [0.5, 0.6) is 11.5 Å².